The number of rotatable bonds is 6. The van der Waals surface area contributed by atoms with Crippen molar-refractivity contribution >= 4 is 17.5 Å². The van der Waals surface area contributed by atoms with Gasteiger partial charge in [0.15, 0.2) is 0 Å². The summed E-state index contributed by atoms with van der Waals surface area (Å²) in [4.78, 5) is 12.2. The fourth-order valence-electron chi connectivity index (χ4n) is 2.63. The van der Waals surface area contributed by atoms with E-state index in [1.165, 1.54) is 0 Å². The van der Waals surface area contributed by atoms with Crippen molar-refractivity contribution in [1.82, 2.24) is 5.32 Å². The van der Waals surface area contributed by atoms with Gasteiger partial charge in [0.1, 0.15) is 0 Å². The van der Waals surface area contributed by atoms with Crippen LogP contribution < -0.4 is 11.1 Å². The Morgan fingerprint density at radius 1 is 1.45 bits per heavy atom. The average Bonchev–Trinajstić information content (AvgIpc) is 3.14. The zero-order valence-electron chi connectivity index (χ0n) is 12.1. The SMILES string of the molecule is CCCC(N)C(=O)NC(c1ccc(Cl)cc1)C1CC1C. The van der Waals surface area contributed by atoms with Crippen LogP contribution in [-0.2, 0) is 4.79 Å². The number of nitrogens with two attached hydrogens (primary N) is 1. The van der Waals surface area contributed by atoms with Crippen LogP contribution in [0.5, 0.6) is 0 Å². The molecule has 2 rings (SSSR count). The van der Waals surface area contributed by atoms with Crippen LogP contribution in [0.1, 0.15) is 44.7 Å². The summed E-state index contributed by atoms with van der Waals surface area (Å²) in [5.74, 6) is 1.11. The van der Waals surface area contributed by atoms with Crippen molar-refractivity contribution in [2.75, 3.05) is 0 Å². The molecule has 1 fully saturated rings. The topological polar surface area (TPSA) is 55.1 Å². The second kappa shape index (κ2) is 6.59. The maximum atomic E-state index is 12.2. The van der Waals surface area contributed by atoms with Crippen LogP contribution in [0.4, 0.5) is 0 Å². The third kappa shape index (κ3) is 3.74. The Kier molecular flexibility index (Phi) is 5.06. The summed E-state index contributed by atoms with van der Waals surface area (Å²) in [6.45, 7) is 4.25. The Bertz CT molecular complexity index is 460. The van der Waals surface area contributed by atoms with Gasteiger partial charge in [-0.15, -0.1) is 0 Å². The summed E-state index contributed by atoms with van der Waals surface area (Å²) in [7, 11) is 0. The van der Waals surface area contributed by atoms with Crippen LogP contribution in [0.25, 0.3) is 0 Å². The van der Waals surface area contributed by atoms with Crippen molar-refractivity contribution < 1.29 is 4.79 Å². The molecule has 4 unspecified atom stereocenters. The fraction of sp³-hybridized carbons (Fsp3) is 0.562. The lowest BCUT2D eigenvalue weighted by Gasteiger charge is -2.21. The molecule has 4 atom stereocenters. The molecule has 3 N–H and O–H groups in total. The summed E-state index contributed by atoms with van der Waals surface area (Å²) in [5, 5.41) is 3.84. The number of benzene rings is 1. The molecule has 110 valence electrons. The van der Waals surface area contributed by atoms with Crippen molar-refractivity contribution in [3.05, 3.63) is 34.9 Å². The lowest BCUT2D eigenvalue weighted by Crippen LogP contribution is -2.42. The number of amides is 1. The molecule has 0 aliphatic heterocycles. The summed E-state index contributed by atoms with van der Waals surface area (Å²) >= 11 is 5.93. The second-order valence-corrected chi connectivity index (χ2v) is 6.25. The van der Waals surface area contributed by atoms with Gasteiger partial charge in [-0.2, -0.15) is 0 Å². The molecule has 0 saturated heterocycles. The van der Waals surface area contributed by atoms with Crippen LogP contribution in [0.2, 0.25) is 5.02 Å². The smallest absolute Gasteiger partial charge is 0.237 e. The van der Waals surface area contributed by atoms with Crippen LogP contribution >= 0.6 is 11.6 Å². The molecule has 1 amide bonds. The summed E-state index contributed by atoms with van der Waals surface area (Å²) < 4.78 is 0. The predicted octanol–water partition coefficient (Wildman–Crippen LogP) is 3.28. The highest BCUT2D eigenvalue weighted by molar-refractivity contribution is 6.30. The van der Waals surface area contributed by atoms with Gasteiger partial charge in [0.05, 0.1) is 12.1 Å². The Hall–Kier alpha value is -1.06. The standard InChI is InChI=1S/C16H23ClN2O/c1-3-4-14(18)16(20)19-15(13-9-10(13)2)11-5-7-12(17)8-6-11/h5-8,10,13-15H,3-4,9,18H2,1-2H3,(H,19,20). The van der Waals surface area contributed by atoms with Crippen LogP contribution in [0, 0.1) is 11.8 Å². The lowest BCUT2D eigenvalue weighted by atomic mass is 10.0. The molecule has 0 heterocycles. The van der Waals surface area contributed by atoms with E-state index in [-0.39, 0.29) is 11.9 Å². The summed E-state index contributed by atoms with van der Waals surface area (Å²) in [5.41, 5.74) is 7.01. The Morgan fingerprint density at radius 3 is 2.55 bits per heavy atom. The lowest BCUT2D eigenvalue weighted by molar-refractivity contribution is -0.123. The third-order valence-corrected chi connectivity index (χ3v) is 4.32. The fourth-order valence-corrected chi connectivity index (χ4v) is 2.75. The van der Waals surface area contributed by atoms with E-state index in [4.69, 9.17) is 17.3 Å². The van der Waals surface area contributed by atoms with Gasteiger partial charge < -0.3 is 11.1 Å². The van der Waals surface area contributed by atoms with E-state index in [0.717, 1.165) is 24.8 Å². The molecule has 1 saturated carbocycles. The highest BCUT2D eigenvalue weighted by Gasteiger charge is 2.41. The van der Waals surface area contributed by atoms with Crippen molar-refractivity contribution in [3.8, 4) is 0 Å². The number of hydrogen-bond acceptors (Lipinski definition) is 2. The Balaban J connectivity index is 2.08. The minimum atomic E-state index is -0.413. The zero-order chi connectivity index (χ0) is 14.7. The first kappa shape index (κ1) is 15.3. The van der Waals surface area contributed by atoms with Crippen LogP contribution in [-0.4, -0.2) is 11.9 Å². The van der Waals surface area contributed by atoms with Gasteiger partial charge in [-0.05, 0) is 42.4 Å². The minimum Gasteiger partial charge on any atom is -0.348 e. The molecule has 1 aliphatic rings. The highest BCUT2D eigenvalue weighted by Crippen LogP contribution is 2.47. The van der Waals surface area contributed by atoms with Crippen molar-refractivity contribution in [2.24, 2.45) is 17.6 Å². The average molecular weight is 295 g/mol. The van der Waals surface area contributed by atoms with Crippen LogP contribution in [0.3, 0.4) is 0 Å². The summed E-state index contributed by atoms with van der Waals surface area (Å²) in [6, 6.07) is 7.36. The number of nitrogens with one attached hydrogen (secondary N) is 1. The largest absolute Gasteiger partial charge is 0.348 e. The highest BCUT2D eigenvalue weighted by atomic mass is 35.5. The molecule has 4 heteroatoms. The first-order valence-electron chi connectivity index (χ1n) is 7.34. The number of carbonyl (C=O) groups excluding carboxylic acids is 1. The van der Waals surface area contributed by atoms with E-state index in [2.05, 4.69) is 12.2 Å². The van der Waals surface area contributed by atoms with Gasteiger partial charge in [0.2, 0.25) is 5.91 Å². The molecule has 1 aliphatic carbocycles. The predicted molar refractivity (Wildman–Crippen MR) is 82.5 cm³/mol. The van der Waals surface area contributed by atoms with E-state index in [0.29, 0.717) is 16.9 Å². The Labute approximate surface area is 125 Å². The molecule has 0 bridgehead atoms. The van der Waals surface area contributed by atoms with Crippen molar-refractivity contribution in [1.29, 1.82) is 0 Å². The molecule has 3 nitrogen and oxygen atoms in total. The van der Waals surface area contributed by atoms with Crippen LogP contribution in [0.15, 0.2) is 24.3 Å². The molecular weight excluding hydrogens is 272 g/mol. The maximum absolute atomic E-state index is 12.2. The van der Waals surface area contributed by atoms with Gasteiger partial charge >= 0.3 is 0 Å². The van der Waals surface area contributed by atoms with Gasteiger partial charge in [0, 0.05) is 5.02 Å². The minimum absolute atomic E-state index is 0.0501. The monoisotopic (exact) mass is 294 g/mol. The van der Waals surface area contributed by atoms with E-state index >= 15 is 0 Å². The van der Waals surface area contributed by atoms with Gasteiger partial charge in [0.25, 0.3) is 0 Å². The van der Waals surface area contributed by atoms with Gasteiger partial charge in [-0.25, -0.2) is 0 Å². The van der Waals surface area contributed by atoms with E-state index in [1.54, 1.807) is 0 Å². The molecular formula is C16H23ClN2O. The van der Waals surface area contributed by atoms with E-state index < -0.39 is 6.04 Å². The number of carbonyl (C=O) groups is 1. The third-order valence-electron chi connectivity index (χ3n) is 4.06. The van der Waals surface area contributed by atoms with Crippen molar-refractivity contribution in [2.45, 2.75) is 45.2 Å². The van der Waals surface area contributed by atoms with Gasteiger partial charge in [-0.3, -0.25) is 4.79 Å². The first-order valence-corrected chi connectivity index (χ1v) is 7.72. The maximum Gasteiger partial charge on any atom is 0.237 e. The quantitative estimate of drug-likeness (QED) is 0.846. The molecule has 1 aromatic rings. The molecule has 0 radical (unpaired) electrons. The molecule has 0 spiro atoms. The number of hydrogen-bond donors (Lipinski definition) is 2. The zero-order valence-corrected chi connectivity index (χ0v) is 12.9. The second-order valence-electron chi connectivity index (χ2n) is 5.81. The molecule has 20 heavy (non-hydrogen) atoms. The first-order chi connectivity index (χ1) is 9.52. The Morgan fingerprint density at radius 2 is 2.05 bits per heavy atom. The van der Waals surface area contributed by atoms with E-state index in [9.17, 15) is 4.79 Å². The molecule has 0 aromatic heterocycles. The van der Waals surface area contributed by atoms with E-state index in [1.807, 2.05) is 31.2 Å². The summed E-state index contributed by atoms with van der Waals surface area (Å²) in [6.07, 6.45) is 2.79. The molecule has 1 aromatic carbocycles. The number of halogens is 1. The van der Waals surface area contributed by atoms with Crippen molar-refractivity contribution in [3.63, 3.8) is 0 Å². The normalized spacial score (nSPS) is 24.0. The van der Waals surface area contributed by atoms with Gasteiger partial charge in [-0.1, -0.05) is 44.0 Å².